The Labute approximate surface area is 197 Å². The average Bonchev–Trinajstić information content (AvgIpc) is 3.45. The van der Waals surface area contributed by atoms with Crippen LogP contribution in [0.3, 0.4) is 0 Å². The van der Waals surface area contributed by atoms with Crippen molar-refractivity contribution in [3.8, 4) is 0 Å². The molecule has 9 nitrogen and oxygen atoms in total. The van der Waals surface area contributed by atoms with Gasteiger partial charge in [-0.05, 0) is 67.2 Å². The fraction of sp³-hybridized carbons (Fsp3) is 0.739. The van der Waals surface area contributed by atoms with Crippen molar-refractivity contribution >= 4 is 30.5 Å². The van der Waals surface area contributed by atoms with Crippen LogP contribution in [0.25, 0.3) is 0 Å². The maximum atomic E-state index is 13.5. The Balaban J connectivity index is 1.78. The molecule has 182 valence electrons. The summed E-state index contributed by atoms with van der Waals surface area (Å²) in [6.45, 7) is 17.1. The molecule has 3 rings (SSSR count). The van der Waals surface area contributed by atoms with Crippen molar-refractivity contribution in [1.29, 1.82) is 0 Å². The molecular weight excluding hydrogens is 423 g/mol. The molecule has 0 radical (unpaired) electrons. The Morgan fingerprint density at radius 3 is 2.06 bits per heavy atom. The first kappa shape index (κ1) is 25.4. The lowest BCUT2D eigenvalue weighted by Gasteiger charge is -2.32. The molecule has 0 spiro atoms. The van der Waals surface area contributed by atoms with Crippen LogP contribution in [-0.4, -0.2) is 58.0 Å². The van der Waals surface area contributed by atoms with Crippen molar-refractivity contribution in [1.82, 2.24) is 15.3 Å². The van der Waals surface area contributed by atoms with E-state index in [1.165, 1.54) is 0 Å². The number of alkyl carbamates (subject to hydrolysis) is 1. The summed E-state index contributed by atoms with van der Waals surface area (Å²) in [5.41, 5.74) is -0.904. The molecule has 1 saturated carbocycles. The summed E-state index contributed by atoms with van der Waals surface area (Å²) in [7, 11) is -0.577. The summed E-state index contributed by atoms with van der Waals surface area (Å²) in [4.78, 5) is 36.4. The summed E-state index contributed by atoms with van der Waals surface area (Å²) in [6, 6.07) is -0.742. The van der Waals surface area contributed by atoms with Crippen LogP contribution in [0, 0.1) is 5.92 Å². The third-order valence-electron chi connectivity index (χ3n) is 6.15. The molecule has 1 atom stereocenters. The molecule has 1 aromatic heterocycles. The number of anilines is 1. The summed E-state index contributed by atoms with van der Waals surface area (Å²) >= 11 is 0. The van der Waals surface area contributed by atoms with Crippen LogP contribution in [0.15, 0.2) is 12.4 Å². The molecule has 2 aliphatic rings. The van der Waals surface area contributed by atoms with Gasteiger partial charge in [-0.3, -0.25) is 9.69 Å². The molecule has 1 unspecified atom stereocenters. The SMILES string of the molecule is CC(C)C(NC(=O)OC(C)(C)C)C(=O)N(c1ncc(B2OC(C)(C)C(C)(C)O2)cn1)C1CC1. The Kier molecular flexibility index (Phi) is 6.83. The number of aromatic nitrogens is 2. The number of nitrogens with one attached hydrogen (secondary N) is 1. The maximum absolute atomic E-state index is 13.5. The Bertz CT molecular complexity index is 862. The zero-order chi connectivity index (χ0) is 24.8. The summed E-state index contributed by atoms with van der Waals surface area (Å²) < 4.78 is 17.5. The number of rotatable bonds is 6. The van der Waals surface area contributed by atoms with Crippen LogP contribution >= 0.6 is 0 Å². The molecular formula is C23H37BN4O5. The zero-order valence-corrected chi connectivity index (χ0v) is 21.3. The molecule has 2 fully saturated rings. The largest absolute Gasteiger partial charge is 0.498 e. The van der Waals surface area contributed by atoms with Crippen molar-refractivity contribution in [2.75, 3.05) is 4.90 Å². The number of carbonyl (C=O) groups is 2. The highest BCUT2D eigenvalue weighted by Gasteiger charge is 2.52. The molecule has 1 aliphatic carbocycles. The van der Waals surface area contributed by atoms with Crippen LogP contribution in [0.4, 0.5) is 10.7 Å². The predicted octanol–water partition coefficient (Wildman–Crippen LogP) is 2.82. The first-order valence-corrected chi connectivity index (χ1v) is 11.6. The smallest absolute Gasteiger partial charge is 0.444 e. The second kappa shape index (κ2) is 8.87. The van der Waals surface area contributed by atoms with Crippen molar-refractivity contribution in [2.24, 2.45) is 5.92 Å². The number of nitrogens with zero attached hydrogens (tertiary/aromatic N) is 3. The highest BCUT2D eigenvalue weighted by atomic mass is 16.7. The van der Waals surface area contributed by atoms with Crippen LogP contribution in [-0.2, 0) is 18.8 Å². The quantitative estimate of drug-likeness (QED) is 0.652. The minimum absolute atomic E-state index is 0.0156. The molecule has 2 amide bonds. The van der Waals surface area contributed by atoms with Gasteiger partial charge < -0.3 is 19.4 Å². The minimum Gasteiger partial charge on any atom is -0.444 e. The van der Waals surface area contributed by atoms with E-state index >= 15 is 0 Å². The number of ether oxygens (including phenoxy) is 1. The molecule has 0 aromatic carbocycles. The topological polar surface area (TPSA) is 103 Å². The Hall–Kier alpha value is -2.20. The number of amides is 2. The monoisotopic (exact) mass is 460 g/mol. The lowest BCUT2D eigenvalue weighted by Crippen LogP contribution is -2.53. The van der Waals surface area contributed by atoms with Crippen molar-refractivity contribution in [2.45, 2.75) is 104 Å². The van der Waals surface area contributed by atoms with E-state index in [1.807, 2.05) is 41.5 Å². The Morgan fingerprint density at radius 2 is 1.64 bits per heavy atom. The second-order valence-corrected chi connectivity index (χ2v) is 11.2. The van der Waals surface area contributed by atoms with Gasteiger partial charge in [0, 0.05) is 23.9 Å². The third-order valence-corrected chi connectivity index (χ3v) is 6.15. The van der Waals surface area contributed by atoms with Gasteiger partial charge in [-0.15, -0.1) is 0 Å². The van der Waals surface area contributed by atoms with Crippen molar-refractivity contribution < 1.29 is 23.6 Å². The van der Waals surface area contributed by atoms with Gasteiger partial charge in [0.2, 0.25) is 5.95 Å². The highest BCUT2D eigenvalue weighted by Crippen LogP contribution is 2.36. The summed E-state index contributed by atoms with van der Waals surface area (Å²) in [6.07, 6.45) is 4.39. The van der Waals surface area contributed by atoms with Gasteiger partial charge in [0.1, 0.15) is 11.6 Å². The molecule has 33 heavy (non-hydrogen) atoms. The number of hydrogen-bond donors (Lipinski definition) is 1. The fourth-order valence-corrected chi connectivity index (χ4v) is 3.43. The van der Waals surface area contributed by atoms with Gasteiger partial charge in [0.15, 0.2) is 0 Å². The van der Waals surface area contributed by atoms with Crippen LogP contribution in [0.2, 0.25) is 0 Å². The van der Waals surface area contributed by atoms with E-state index < -0.39 is 36.1 Å². The van der Waals surface area contributed by atoms with E-state index in [9.17, 15) is 9.59 Å². The summed E-state index contributed by atoms with van der Waals surface area (Å²) in [5, 5.41) is 2.73. The molecule has 2 heterocycles. The van der Waals surface area contributed by atoms with E-state index in [2.05, 4.69) is 15.3 Å². The van der Waals surface area contributed by atoms with Gasteiger partial charge in [-0.25, -0.2) is 14.8 Å². The lowest BCUT2D eigenvalue weighted by atomic mass is 9.81. The number of carbonyl (C=O) groups excluding carboxylic acids is 2. The first-order chi connectivity index (χ1) is 15.1. The fourth-order valence-electron chi connectivity index (χ4n) is 3.43. The van der Waals surface area contributed by atoms with Crippen molar-refractivity contribution in [3.05, 3.63) is 12.4 Å². The average molecular weight is 460 g/mol. The van der Waals surface area contributed by atoms with Gasteiger partial charge in [0.25, 0.3) is 5.91 Å². The normalized spacial score (nSPS) is 20.5. The van der Waals surface area contributed by atoms with Crippen LogP contribution in [0.5, 0.6) is 0 Å². The van der Waals surface area contributed by atoms with Gasteiger partial charge in [-0.2, -0.15) is 0 Å². The van der Waals surface area contributed by atoms with E-state index in [-0.39, 0.29) is 17.9 Å². The van der Waals surface area contributed by atoms with Gasteiger partial charge >= 0.3 is 13.2 Å². The zero-order valence-electron chi connectivity index (χ0n) is 21.3. The molecule has 1 aromatic rings. The first-order valence-electron chi connectivity index (χ1n) is 11.6. The molecule has 1 saturated heterocycles. The highest BCUT2D eigenvalue weighted by molar-refractivity contribution is 6.61. The Morgan fingerprint density at radius 1 is 1.12 bits per heavy atom. The lowest BCUT2D eigenvalue weighted by molar-refractivity contribution is -0.121. The molecule has 1 N–H and O–H groups in total. The predicted molar refractivity (Wildman–Crippen MR) is 126 cm³/mol. The van der Waals surface area contributed by atoms with Crippen LogP contribution in [0.1, 0.15) is 75.2 Å². The van der Waals surface area contributed by atoms with E-state index in [1.54, 1.807) is 38.1 Å². The standard InChI is InChI=1S/C23H37BN4O5/c1-14(2)17(27-20(30)31-21(3,4)5)18(29)28(16-10-11-16)19-25-12-15(13-26-19)24-32-22(6,7)23(8,9)33-24/h12-14,16-17H,10-11H2,1-9H3,(H,27,30). The minimum atomic E-state index is -0.758. The van der Waals surface area contributed by atoms with E-state index in [4.69, 9.17) is 14.0 Å². The molecule has 10 heteroatoms. The third kappa shape index (κ3) is 5.84. The maximum Gasteiger partial charge on any atom is 0.498 e. The van der Waals surface area contributed by atoms with E-state index in [0.29, 0.717) is 11.4 Å². The van der Waals surface area contributed by atoms with Crippen LogP contribution < -0.4 is 15.7 Å². The van der Waals surface area contributed by atoms with Gasteiger partial charge in [0.05, 0.1) is 11.2 Å². The number of hydrogen-bond acceptors (Lipinski definition) is 7. The molecule has 0 bridgehead atoms. The second-order valence-electron chi connectivity index (χ2n) is 11.2. The van der Waals surface area contributed by atoms with E-state index in [0.717, 1.165) is 12.8 Å². The molecule has 1 aliphatic heterocycles. The van der Waals surface area contributed by atoms with Crippen molar-refractivity contribution in [3.63, 3.8) is 0 Å². The van der Waals surface area contributed by atoms with Gasteiger partial charge in [-0.1, -0.05) is 13.8 Å². The summed E-state index contributed by atoms with van der Waals surface area (Å²) in [5.74, 6) is -0.0866.